The monoisotopic (exact) mass is 537 g/mol. The molecule has 0 radical (unpaired) electrons. The van der Waals surface area contributed by atoms with E-state index in [0.29, 0.717) is 42.3 Å². The molecule has 2 aromatic carbocycles. The molecule has 8 nitrogen and oxygen atoms in total. The Bertz CT molecular complexity index is 1400. The van der Waals surface area contributed by atoms with Gasteiger partial charge in [0.2, 0.25) is 15.9 Å². The molecule has 38 heavy (non-hydrogen) atoms. The molecule has 0 spiro atoms. The summed E-state index contributed by atoms with van der Waals surface area (Å²) in [5.74, 6) is 0.814. The number of aromatic nitrogens is 1. The molecular formula is C29H35N3O5S. The van der Waals surface area contributed by atoms with E-state index in [4.69, 9.17) is 9.47 Å². The first-order valence-electron chi connectivity index (χ1n) is 12.8. The third kappa shape index (κ3) is 6.00. The summed E-state index contributed by atoms with van der Waals surface area (Å²) in [6.07, 6.45) is 2.69. The number of carbonyl (C=O) groups is 1. The van der Waals surface area contributed by atoms with Crippen molar-refractivity contribution in [2.45, 2.75) is 63.6 Å². The fourth-order valence-electron chi connectivity index (χ4n) is 4.64. The van der Waals surface area contributed by atoms with Crippen LogP contribution in [0.3, 0.4) is 0 Å². The van der Waals surface area contributed by atoms with Crippen molar-refractivity contribution in [3.8, 4) is 11.6 Å². The van der Waals surface area contributed by atoms with Crippen LogP contribution in [0.1, 0.15) is 67.2 Å². The van der Waals surface area contributed by atoms with Gasteiger partial charge < -0.3 is 14.4 Å². The zero-order valence-electron chi connectivity index (χ0n) is 22.5. The van der Waals surface area contributed by atoms with Crippen LogP contribution in [0.5, 0.6) is 11.6 Å². The average Bonchev–Trinajstić information content (AvgIpc) is 2.90. The molecular weight excluding hydrogens is 502 g/mol. The second-order valence-corrected chi connectivity index (χ2v) is 11.7. The highest BCUT2D eigenvalue weighted by Crippen LogP contribution is 2.39. The first-order valence-corrected chi connectivity index (χ1v) is 14.3. The number of sulfonamides is 1. The minimum absolute atomic E-state index is 0.190. The molecule has 9 heteroatoms. The molecule has 0 unspecified atom stereocenters. The Labute approximate surface area is 225 Å². The summed E-state index contributed by atoms with van der Waals surface area (Å²) in [7, 11) is -2.22. The van der Waals surface area contributed by atoms with Crippen LogP contribution in [-0.4, -0.2) is 43.5 Å². The van der Waals surface area contributed by atoms with E-state index in [0.717, 1.165) is 17.5 Å². The Morgan fingerprint density at radius 3 is 2.53 bits per heavy atom. The number of carbonyl (C=O) groups excluding carboxylic acids is 1. The molecule has 1 aliphatic heterocycles. The van der Waals surface area contributed by atoms with Crippen LogP contribution in [0.2, 0.25) is 0 Å². The fourth-order valence-corrected chi connectivity index (χ4v) is 5.86. The minimum Gasteiger partial charge on any atom is -0.496 e. The molecule has 1 N–H and O–H groups in total. The largest absolute Gasteiger partial charge is 0.496 e. The number of aryl methyl sites for hydroxylation is 1. The number of fused-ring (bicyclic) bond motifs is 1. The van der Waals surface area contributed by atoms with Crippen molar-refractivity contribution >= 4 is 15.9 Å². The first-order chi connectivity index (χ1) is 18.1. The first kappa shape index (κ1) is 27.6. The molecule has 3 aromatic rings. The number of para-hydroxylation sites is 1. The topological polar surface area (TPSA) is 97.8 Å². The Morgan fingerprint density at radius 1 is 1.16 bits per heavy atom. The van der Waals surface area contributed by atoms with E-state index in [-0.39, 0.29) is 10.8 Å². The number of rotatable bonds is 9. The molecule has 1 aromatic heterocycles. The van der Waals surface area contributed by atoms with Crippen molar-refractivity contribution in [2.24, 2.45) is 0 Å². The van der Waals surface area contributed by atoms with Crippen LogP contribution in [-0.2, 0) is 23.0 Å². The Hall–Kier alpha value is -3.43. The van der Waals surface area contributed by atoms with E-state index >= 15 is 0 Å². The third-order valence-corrected chi connectivity index (χ3v) is 8.22. The number of pyridine rings is 1. The van der Waals surface area contributed by atoms with Gasteiger partial charge in [0.1, 0.15) is 11.4 Å². The lowest BCUT2D eigenvalue weighted by atomic mass is 9.91. The predicted molar refractivity (Wildman–Crippen MR) is 146 cm³/mol. The zero-order chi connectivity index (χ0) is 27.5. The van der Waals surface area contributed by atoms with Gasteiger partial charge in [-0.05, 0) is 57.0 Å². The SMILES string of the molecule is CCc1ccc(S(=O)(=O)N[C@H]2CC(C)(C)Oc3ncc(C(=O)N(CC)Cc4ccccc4OC)cc32)cc1. The van der Waals surface area contributed by atoms with Gasteiger partial charge in [-0.3, -0.25) is 4.79 Å². The number of nitrogens with zero attached hydrogens (tertiary/aromatic N) is 2. The highest BCUT2D eigenvalue weighted by Gasteiger charge is 2.37. The quantitative estimate of drug-likeness (QED) is 0.417. The third-order valence-electron chi connectivity index (χ3n) is 6.73. The standard InChI is InChI=1S/C29H35N3O5S/c1-6-20-12-14-23(15-13-20)38(34,35)31-25-17-29(3,4)37-27-24(25)16-22(18-30-27)28(33)32(7-2)19-21-10-8-9-11-26(21)36-5/h8-16,18,25,31H,6-7,17,19H2,1-5H3/t25-/m0/s1. The van der Waals surface area contributed by atoms with E-state index in [2.05, 4.69) is 9.71 Å². The maximum atomic E-state index is 13.5. The second kappa shape index (κ2) is 11.1. The van der Waals surface area contributed by atoms with Crippen molar-refractivity contribution in [3.05, 3.63) is 83.0 Å². The van der Waals surface area contributed by atoms with E-state index in [1.165, 1.54) is 6.20 Å². The Morgan fingerprint density at radius 2 is 1.87 bits per heavy atom. The maximum Gasteiger partial charge on any atom is 0.255 e. The van der Waals surface area contributed by atoms with Crippen molar-refractivity contribution in [3.63, 3.8) is 0 Å². The minimum atomic E-state index is -3.82. The van der Waals surface area contributed by atoms with Crippen molar-refractivity contribution in [1.82, 2.24) is 14.6 Å². The Balaban J connectivity index is 1.64. The maximum absolute atomic E-state index is 13.5. The number of ether oxygens (including phenoxy) is 2. The number of methoxy groups -OCH3 is 1. The molecule has 0 aliphatic carbocycles. The Kier molecular flexibility index (Phi) is 8.08. The fraction of sp³-hybridized carbons (Fsp3) is 0.379. The van der Waals surface area contributed by atoms with Gasteiger partial charge in [-0.25, -0.2) is 18.1 Å². The van der Waals surface area contributed by atoms with Crippen molar-refractivity contribution < 1.29 is 22.7 Å². The average molecular weight is 538 g/mol. The van der Waals surface area contributed by atoms with Crippen LogP contribution in [0.4, 0.5) is 0 Å². The molecule has 4 rings (SSSR count). The van der Waals surface area contributed by atoms with Crippen molar-refractivity contribution in [1.29, 1.82) is 0 Å². The van der Waals surface area contributed by atoms with Crippen LogP contribution in [0, 0.1) is 0 Å². The lowest BCUT2D eigenvalue weighted by Crippen LogP contribution is -2.42. The predicted octanol–water partition coefficient (Wildman–Crippen LogP) is 4.90. The highest BCUT2D eigenvalue weighted by molar-refractivity contribution is 7.89. The van der Waals surface area contributed by atoms with E-state index in [1.807, 2.05) is 64.1 Å². The number of nitrogens with one attached hydrogen (secondary N) is 1. The summed E-state index contributed by atoms with van der Waals surface area (Å²) < 4.78 is 40.9. The van der Waals surface area contributed by atoms with Crippen LogP contribution in [0.15, 0.2) is 65.7 Å². The lowest BCUT2D eigenvalue weighted by molar-refractivity contribution is 0.0637. The molecule has 1 aliphatic rings. The van der Waals surface area contributed by atoms with Gasteiger partial charge in [-0.15, -0.1) is 0 Å². The number of hydrogen-bond acceptors (Lipinski definition) is 6. The van der Waals surface area contributed by atoms with E-state index in [9.17, 15) is 13.2 Å². The van der Waals surface area contributed by atoms with Gasteiger partial charge in [0.25, 0.3) is 5.91 Å². The van der Waals surface area contributed by atoms with Gasteiger partial charge >= 0.3 is 0 Å². The smallest absolute Gasteiger partial charge is 0.255 e. The van der Waals surface area contributed by atoms with Gasteiger partial charge in [-0.2, -0.15) is 0 Å². The zero-order valence-corrected chi connectivity index (χ0v) is 23.3. The summed E-state index contributed by atoms with van der Waals surface area (Å²) in [5, 5.41) is 0. The summed E-state index contributed by atoms with van der Waals surface area (Å²) in [5.41, 5.74) is 2.20. The van der Waals surface area contributed by atoms with Crippen LogP contribution >= 0.6 is 0 Å². The number of amides is 1. The summed E-state index contributed by atoms with van der Waals surface area (Å²) in [6, 6.07) is 15.5. The van der Waals surface area contributed by atoms with Gasteiger partial charge in [0.15, 0.2) is 0 Å². The molecule has 0 fully saturated rings. The second-order valence-electron chi connectivity index (χ2n) is 9.99. The molecule has 1 amide bonds. The van der Waals surface area contributed by atoms with Crippen LogP contribution in [0.25, 0.3) is 0 Å². The van der Waals surface area contributed by atoms with Gasteiger partial charge in [0.05, 0.1) is 23.6 Å². The molecule has 0 saturated heterocycles. The summed E-state index contributed by atoms with van der Waals surface area (Å²) in [6.45, 7) is 8.54. The molecule has 0 bridgehead atoms. The highest BCUT2D eigenvalue weighted by atomic mass is 32.2. The molecule has 202 valence electrons. The summed E-state index contributed by atoms with van der Waals surface area (Å²) in [4.78, 5) is 19.9. The van der Waals surface area contributed by atoms with E-state index in [1.54, 1.807) is 30.2 Å². The van der Waals surface area contributed by atoms with Crippen LogP contribution < -0.4 is 14.2 Å². The summed E-state index contributed by atoms with van der Waals surface area (Å²) >= 11 is 0. The molecule has 2 heterocycles. The molecule has 1 atom stereocenters. The normalized spacial score (nSPS) is 16.3. The molecule has 0 saturated carbocycles. The number of hydrogen-bond donors (Lipinski definition) is 1. The van der Waals surface area contributed by atoms with Gasteiger partial charge in [0, 0.05) is 36.8 Å². The van der Waals surface area contributed by atoms with Crippen molar-refractivity contribution in [2.75, 3.05) is 13.7 Å². The van der Waals surface area contributed by atoms with E-state index < -0.39 is 21.7 Å². The number of benzene rings is 2. The lowest BCUT2D eigenvalue weighted by Gasteiger charge is -2.37. The van der Waals surface area contributed by atoms with Gasteiger partial charge in [-0.1, -0.05) is 37.3 Å².